The standard InChI is InChI=1S/C40H48ClN5O8S/c1-39(2,3)54-38(50)45-23-22-44(37(49)53-26-29-10-6-5-7-11-29)25-34(45)35(47)42-32(24-28-14-16-30(41)17-15-28)36(48)43-20-18-40(19-21-43)27-46(55(4,51)52)33-13-9-8-12-31(33)40/h5-17,32,34H,18-27H2,1-4H3,(H,42,47). The van der Waals surface area contributed by atoms with E-state index in [-0.39, 0.29) is 38.6 Å². The number of halogens is 1. The van der Waals surface area contributed by atoms with Crippen molar-refractivity contribution in [2.24, 2.45) is 0 Å². The molecule has 1 spiro atoms. The smallest absolute Gasteiger partial charge is 0.411 e. The van der Waals surface area contributed by atoms with Gasteiger partial charge >= 0.3 is 12.2 Å². The number of anilines is 1. The predicted octanol–water partition coefficient (Wildman–Crippen LogP) is 4.97. The topological polar surface area (TPSA) is 146 Å². The Balaban J connectivity index is 1.21. The van der Waals surface area contributed by atoms with Gasteiger partial charge in [-0.2, -0.15) is 0 Å². The molecule has 0 aliphatic carbocycles. The van der Waals surface area contributed by atoms with Crippen molar-refractivity contribution in [3.05, 3.63) is 101 Å². The maximum Gasteiger partial charge on any atom is 0.411 e. The molecule has 0 aromatic heterocycles. The average Bonchev–Trinajstić information content (AvgIpc) is 3.48. The molecule has 2 saturated heterocycles. The molecule has 55 heavy (non-hydrogen) atoms. The van der Waals surface area contributed by atoms with E-state index >= 15 is 0 Å². The number of nitrogens with zero attached hydrogens (tertiary/aromatic N) is 4. The molecular formula is C40H48ClN5O8S. The molecule has 0 radical (unpaired) electrons. The summed E-state index contributed by atoms with van der Waals surface area (Å²) in [5.74, 6) is -0.941. The maximum atomic E-state index is 14.4. The first-order chi connectivity index (χ1) is 26.0. The molecule has 4 amide bonds. The zero-order valence-electron chi connectivity index (χ0n) is 31.6. The first kappa shape index (κ1) is 39.9. The van der Waals surface area contributed by atoms with Crippen molar-refractivity contribution >= 4 is 51.3 Å². The van der Waals surface area contributed by atoms with E-state index in [1.807, 2.05) is 54.6 Å². The van der Waals surface area contributed by atoms with Crippen molar-refractivity contribution < 1.29 is 37.1 Å². The molecule has 2 unspecified atom stereocenters. The number of amides is 4. The van der Waals surface area contributed by atoms with Crippen LogP contribution in [-0.2, 0) is 47.5 Å². The van der Waals surface area contributed by atoms with Gasteiger partial charge in [-0.1, -0.05) is 72.3 Å². The summed E-state index contributed by atoms with van der Waals surface area (Å²) in [5, 5.41) is 3.46. The molecule has 294 valence electrons. The number of likely N-dealkylation sites (tertiary alicyclic amines) is 1. The van der Waals surface area contributed by atoms with E-state index in [1.165, 1.54) is 20.4 Å². The fourth-order valence-corrected chi connectivity index (χ4v) is 8.65. The van der Waals surface area contributed by atoms with Gasteiger partial charge in [0.2, 0.25) is 21.8 Å². The Kier molecular flexibility index (Phi) is 11.7. The molecule has 3 aliphatic heterocycles. The lowest BCUT2D eigenvalue weighted by Gasteiger charge is -2.42. The molecule has 3 aliphatic rings. The Morgan fingerprint density at radius 2 is 1.51 bits per heavy atom. The van der Waals surface area contributed by atoms with E-state index < -0.39 is 51.2 Å². The van der Waals surface area contributed by atoms with Crippen LogP contribution < -0.4 is 9.62 Å². The molecule has 2 atom stereocenters. The van der Waals surface area contributed by atoms with E-state index in [2.05, 4.69) is 5.32 Å². The van der Waals surface area contributed by atoms with Gasteiger partial charge in [-0.3, -0.25) is 18.8 Å². The summed E-state index contributed by atoms with van der Waals surface area (Å²) in [6.07, 6.45) is 1.04. The van der Waals surface area contributed by atoms with Crippen LogP contribution in [0.2, 0.25) is 5.02 Å². The minimum Gasteiger partial charge on any atom is -0.445 e. The second-order valence-electron chi connectivity index (χ2n) is 15.5. The summed E-state index contributed by atoms with van der Waals surface area (Å²) in [5.41, 5.74) is 1.86. The number of carbonyl (C=O) groups excluding carboxylic acids is 4. The molecule has 3 aromatic carbocycles. The Labute approximate surface area is 327 Å². The van der Waals surface area contributed by atoms with Gasteiger partial charge in [0.15, 0.2) is 0 Å². The third kappa shape index (κ3) is 9.35. The van der Waals surface area contributed by atoms with Crippen LogP contribution in [0.3, 0.4) is 0 Å². The van der Waals surface area contributed by atoms with Gasteiger partial charge in [0, 0.05) is 49.6 Å². The number of nitrogens with one attached hydrogen (secondary N) is 1. The van der Waals surface area contributed by atoms with Gasteiger partial charge < -0.3 is 24.6 Å². The number of piperazine rings is 1. The van der Waals surface area contributed by atoms with Crippen molar-refractivity contribution in [1.82, 2.24) is 20.0 Å². The zero-order chi connectivity index (χ0) is 39.5. The number of hydrogen-bond donors (Lipinski definition) is 1. The Bertz CT molecular complexity index is 2000. The summed E-state index contributed by atoms with van der Waals surface area (Å²) in [4.78, 5) is 59.9. The first-order valence-electron chi connectivity index (χ1n) is 18.4. The lowest BCUT2D eigenvalue weighted by molar-refractivity contribution is -0.139. The molecule has 2 fully saturated rings. The lowest BCUT2D eigenvalue weighted by atomic mass is 9.74. The monoisotopic (exact) mass is 793 g/mol. The van der Waals surface area contributed by atoms with Crippen LogP contribution in [0.5, 0.6) is 0 Å². The molecule has 3 heterocycles. The lowest BCUT2D eigenvalue weighted by Crippen LogP contribution is -2.64. The van der Waals surface area contributed by atoms with Crippen LogP contribution in [0.1, 0.15) is 50.3 Å². The fourth-order valence-electron chi connectivity index (χ4n) is 7.53. The van der Waals surface area contributed by atoms with Crippen molar-refractivity contribution in [3.8, 4) is 0 Å². The van der Waals surface area contributed by atoms with E-state index in [4.69, 9.17) is 21.1 Å². The SMILES string of the molecule is CC(C)(C)OC(=O)N1CCN(C(=O)OCc2ccccc2)CC1C(=O)NC(Cc1ccc(Cl)cc1)C(=O)N1CCC2(CC1)CN(S(C)(=O)=O)c1ccccc12. The van der Waals surface area contributed by atoms with Gasteiger partial charge in [-0.05, 0) is 68.5 Å². The maximum absolute atomic E-state index is 14.4. The summed E-state index contributed by atoms with van der Waals surface area (Å²) in [6.45, 7) is 6.13. The highest BCUT2D eigenvalue weighted by molar-refractivity contribution is 7.92. The predicted molar refractivity (Wildman–Crippen MR) is 208 cm³/mol. The van der Waals surface area contributed by atoms with Gasteiger partial charge in [0.1, 0.15) is 24.3 Å². The van der Waals surface area contributed by atoms with Gasteiger partial charge in [0.25, 0.3) is 0 Å². The van der Waals surface area contributed by atoms with E-state index in [9.17, 15) is 27.6 Å². The van der Waals surface area contributed by atoms with Crippen LogP contribution in [0.15, 0.2) is 78.9 Å². The fraction of sp³-hybridized carbons (Fsp3) is 0.450. The van der Waals surface area contributed by atoms with Gasteiger partial charge in [-0.15, -0.1) is 0 Å². The van der Waals surface area contributed by atoms with Crippen molar-refractivity contribution in [1.29, 1.82) is 0 Å². The van der Waals surface area contributed by atoms with Crippen molar-refractivity contribution in [2.75, 3.05) is 49.8 Å². The van der Waals surface area contributed by atoms with E-state index in [0.717, 1.165) is 16.7 Å². The molecule has 13 nitrogen and oxygen atoms in total. The highest BCUT2D eigenvalue weighted by Crippen LogP contribution is 2.47. The van der Waals surface area contributed by atoms with Crippen LogP contribution in [0.4, 0.5) is 15.3 Å². The number of fused-ring (bicyclic) bond motifs is 2. The van der Waals surface area contributed by atoms with Gasteiger partial charge in [0.05, 0.1) is 18.5 Å². The number of ether oxygens (including phenoxy) is 2. The quantitative estimate of drug-likeness (QED) is 0.337. The third-order valence-corrected chi connectivity index (χ3v) is 11.7. The number of piperidine rings is 1. The summed E-state index contributed by atoms with van der Waals surface area (Å²) in [6, 6.07) is 21.5. The Hall–Kier alpha value is -4.82. The van der Waals surface area contributed by atoms with Crippen LogP contribution in [0, 0.1) is 0 Å². The number of carbonyl (C=O) groups is 4. The number of para-hydroxylation sites is 1. The first-order valence-corrected chi connectivity index (χ1v) is 20.6. The molecule has 1 N–H and O–H groups in total. The second-order valence-corrected chi connectivity index (χ2v) is 17.8. The van der Waals surface area contributed by atoms with Crippen LogP contribution >= 0.6 is 11.6 Å². The minimum atomic E-state index is -3.52. The number of benzene rings is 3. The highest BCUT2D eigenvalue weighted by Gasteiger charge is 2.48. The van der Waals surface area contributed by atoms with Gasteiger partial charge in [-0.25, -0.2) is 18.0 Å². The van der Waals surface area contributed by atoms with E-state index in [0.29, 0.717) is 43.2 Å². The molecule has 0 bridgehead atoms. The van der Waals surface area contributed by atoms with Crippen LogP contribution in [-0.4, -0.2) is 110 Å². The molecule has 3 aromatic rings. The van der Waals surface area contributed by atoms with Crippen molar-refractivity contribution in [3.63, 3.8) is 0 Å². The van der Waals surface area contributed by atoms with E-state index in [1.54, 1.807) is 49.9 Å². The van der Waals surface area contributed by atoms with Crippen molar-refractivity contribution in [2.45, 2.75) is 69.7 Å². The number of sulfonamides is 1. The molecular weight excluding hydrogens is 746 g/mol. The summed E-state index contributed by atoms with van der Waals surface area (Å²) in [7, 11) is -3.52. The zero-order valence-corrected chi connectivity index (χ0v) is 33.1. The largest absolute Gasteiger partial charge is 0.445 e. The minimum absolute atomic E-state index is 0.00339. The third-order valence-electron chi connectivity index (χ3n) is 10.4. The average molecular weight is 794 g/mol. The second kappa shape index (κ2) is 16.1. The molecule has 6 rings (SSSR count). The normalized spacial score (nSPS) is 18.7. The Morgan fingerprint density at radius 1 is 0.855 bits per heavy atom. The summed E-state index contributed by atoms with van der Waals surface area (Å²) < 4.78 is 38.2. The summed E-state index contributed by atoms with van der Waals surface area (Å²) >= 11 is 6.16. The molecule has 0 saturated carbocycles. The number of hydrogen-bond acceptors (Lipinski definition) is 8. The number of rotatable bonds is 8. The highest BCUT2D eigenvalue weighted by atomic mass is 35.5. The Morgan fingerprint density at radius 3 is 2.16 bits per heavy atom. The molecule has 15 heteroatoms. The van der Waals surface area contributed by atoms with Crippen LogP contribution in [0.25, 0.3) is 0 Å².